The zero-order valence-corrected chi connectivity index (χ0v) is 15.1. The number of benzene rings is 2. The molecular weight excluding hydrogens is 399 g/mol. The van der Waals surface area contributed by atoms with Crippen molar-refractivity contribution >= 4 is 5.91 Å². The quantitative estimate of drug-likeness (QED) is 0.553. The summed E-state index contributed by atoms with van der Waals surface area (Å²) >= 11 is 0. The highest BCUT2D eigenvalue weighted by atomic mass is 19.4. The van der Waals surface area contributed by atoms with Crippen LogP contribution in [-0.2, 0) is 6.18 Å². The maximum Gasteiger partial charge on any atom is 0.434 e. The molecule has 2 aromatic carbocycles. The van der Waals surface area contributed by atoms with Crippen molar-refractivity contribution < 1.29 is 18.0 Å². The average Bonchev–Trinajstić information content (AvgIpc) is 3.23. The number of primary amides is 1. The number of tetrazole rings is 1. The molecule has 0 aliphatic carbocycles. The molecule has 0 fully saturated rings. The molecule has 0 bridgehead atoms. The molecule has 0 unspecified atom stereocenters. The predicted octanol–water partition coefficient (Wildman–Crippen LogP) is 2.90. The number of alkyl halides is 3. The Morgan fingerprint density at radius 3 is 2.33 bits per heavy atom. The second-order valence-electron chi connectivity index (χ2n) is 6.15. The van der Waals surface area contributed by atoms with Crippen LogP contribution < -0.4 is 5.73 Å². The van der Waals surface area contributed by atoms with Crippen LogP contribution in [0.25, 0.3) is 28.5 Å². The minimum absolute atomic E-state index is 0.149. The van der Waals surface area contributed by atoms with Crippen LogP contribution in [0.4, 0.5) is 13.2 Å². The Hall–Kier alpha value is -4.15. The molecule has 0 atom stereocenters. The van der Waals surface area contributed by atoms with Crippen LogP contribution in [-0.4, -0.2) is 36.1 Å². The number of nitrogens with two attached hydrogens (primary N) is 1. The normalized spacial score (nSPS) is 11.4. The SMILES string of the molecule is NC(=O)c1ccc(-c2ncc(-c3nnnn3-c3ccccc3)c(C(F)(F)F)n2)cc1. The maximum absolute atomic E-state index is 13.8. The second kappa shape index (κ2) is 7.35. The van der Waals surface area contributed by atoms with Crippen LogP contribution in [0.1, 0.15) is 16.1 Å². The molecule has 0 saturated heterocycles. The van der Waals surface area contributed by atoms with E-state index < -0.39 is 17.8 Å². The Morgan fingerprint density at radius 1 is 1.00 bits per heavy atom. The first-order valence-corrected chi connectivity index (χ1v) is 8.53. The Balaban J connectivity index is 1.83. The van der Waals surface area contributed by atoms with E-state index in [0.29, 0.717) is 11.3 Å². The van der Waals surface area contributed by atoms with Crippen molar-refractivity contribution in [2.45, 2.75) is 6.18 Å². The van der Waals surface area contributed by atoms with Gasteiger partial charge in [0.2, 0.25) is 5.91 Å². The number of rotatable bonds is 4. The number of halogens is 3. The first-order chi connectivity index (χ1) is 14.3. The molecule has 2 aromatic heterocycles. The molecule has 150 valence electrons. The molecule has 1 amide bonds. The lowest BCUT2D eigenvalue weighted by Gasteiger charge is -2.13. The third-order valence-electron chi connectivity index (χ3n) is 4.20. The molecule has 11 heteroatoms. The molecule has 0 saturated carbocycles. The lowest BCUT2D eigenvalue weighted by Crippen LogP contribution is -2.14. The number of carbonyl (C=O) groups is 1. The molecule has 0 radical (unpaired) electrons. The summed E-state index contributed by atoms with van der Waals surface area (Å²) in [4.78, 5) is 19.0. The molecule has 0 aliphatic heterocycles. The smallest absolute Gasteiger partial charge is 0.366 e. The van der Waals surface area contributed by atoms with E-state index in [2.05, 4.69) is 25.5 Å². The summed E-state index contributed by atoms with van der Waals surface area (Å²) in [5.41, 5.74) is 4.62. The van der Waals surface area contributed by atoms with Crippen LogP contribution in [0.5, 0.6) is 0 Å². The number of hydrogen-bond acceptors (Lipinski definition) is 6. The van der Waals surface area contributed by atoms with Crippen molar-refractivity contribution in [2.75, 3.05) is 0 Å². The van der Waals surface area contributed by atoms with E-state index >= 15 is 0 Å². The lowest BCUT2D eigenvalue weighted by atomic mass is 10.1. The monoisotopic (exact) mass is 411 g/mol. The fraction of sp³-hybridized carbons (Fsp3) is 0.0526. The number of aromatic nitrogens is 6. The largest absolute Gasteiger partial charge is 0.434 e. The van der Waals surface area contributed by atoms with Gasteiger partial charge in [0.05, 0.1) is 11.3 Å². The maximum atomic E-state index is 13.8. The average molecular weight is 411 g/mol. The molecule has 0 aliphatic rings. The summed E-state index contributed by atoms with van der Waals surface area (Å²) in [5, 5.41) is 11.0. The molecule has 2 heterocycles. The van der Waals surface area contributed by atoms with Gasteiger partial charge in [-0.1, -0.05) is 30.3 Å². The fourth-order valence-electron chi connectivity index (χ4n) is 2.78. The van der Waals surface area contributed by atoms with E-state index in [9.17, 15) is 18.0 Å². The van der Waals surface area contributed by atoms with Crippen molar-refractivity contribution in [2.24, 2.45) is 5.73 Å². The first-order valence-electron chi connectivity index (χ1n) is 8.53. The van der Waals surface area contributed by atoms with Gasteiger partial charge < -0.3 is 5.73 Å². The summed E-state index contributed by atoms with van der Waals surface area (Å²) in [7, 11) is 0. The van der Waals surface area contributed by atoms with E-state index in [-0.39, 0.29) is 22.8 Å². The van der Waals surface area contributed by atoms with E-state index in [0.717, 1.165) is 6.20 Å². The molecular formula is C19H12F3N7O. The standard InChI is InChI=1S/C19H12F3N7O/c20-19(21,22)15-14(18-26-27-28-29(18)13-4-2-1-3-5-13)10-24-17(25-15)12-8-6-11(7-9-12)16(23)30/h1-10H,(H2,23,30). The Morgan fingerprint density at radius 2 is 1.70 bits per heavy atom. The van der Waals surface area contributed by atoms with Crippen LogP contribution in [0.15, 0.2) is 60.8 Å². The lowest BCUT2D eigenvalue weighted by molar-refractivity contribution is -0.140. The highest BCUT2D eigenvalue weighted by Crippen LogP contribution is 2.36. The third-order valence-corrected chi connectivity index (χ3v) is 4.20. The van der Waals surface area contributed by atoms with Gasteiger partial charge in [0.15, 0.2) is 17.3 Å². The molecule has 0 spiro atoms. The van der Waals surface area contributed by atoms with E-state index in [4.69, 9.17) is 5.73 Å². The van der Waals surface area contributed by atoms with Gasteiger partial charge in [-0.25, -0.2) is 9.97 Å². The highest BCUT2D eigenvalue weighted by molar-refractivity contribution is 5.93. The van der Waals surface area contributed by atoms with Crippen molar-refractivity contribution in [1.29, 1.82) is 0 Å². The topological polar surface area (TPSA) is 112 Å². The number of carbonyl (C=O) groups excluding carboxylic acids is 1. The second-order valence-corrected chi connectivity index (χ2v) is 6.15. The van der Waals surface area contributed by atoms with Crippen LogP contribution in [0.2, 0.25) is 0 Å². The van der Waals surface area contributed by atoms with E-state index in [1.807, 2.05) is 0 Å². The van der Waals surface area contributed by atoms with E-state index in [1.165, 1.54) is 28.9 Å². The zero-order valence-electron chi connectivity index (χ0n) is 15.1. The molecule has 4 rings (SSSR count). The number of hydrogen-bond donors (Lipinski definition) is 1. The number of nitrogens with zero attached hydrogens (tertiary/aromatic N) is 6. The van der Waals surface area contributed by atoms with Crippen LogP contribution in [0.3, 0.4) is 0 Å². The Bertz CT molecular complexity index is 1210. The summed E-state index contributed by atoms with van der Waals surface area (Å²) in [6.45, 7) is 0. The van der Waals surface area contributed by atoms with Crippen LogP contribution in [0, 0.1) is 0 Å². The van der Waals surface area contributed by atoms with Crippen LogP contribution >= 0.6 is 0 Å². The van der Waals surface area contributed by atoms with Gasteiger partial charge in [-0.2, -0.15) is 17.9 Å². The zero-order chi connectivity index (χ0) is 21.3. The van der Waals surface area contributed by atoms with Gasteiger partial charge in [-0.05, 0) is 34.7 Å². The van der Waals surface area contributed by atoms with Crippen molar-refractivity contribution in [3.8, 4) is 28.5 Å². The number of amides is 1. The Labute approximate surface area is 167 Å². The van der Waals surface area contributed by atoms with Crippen molar-refractivity contribution in [3.63, 3.8) is 0 Å². The van der Waals surface area contributed by atoms with Gasteiger partial charge in [0.1, 0.15) is 0 Å². The van der Waals surface area contributed by atoms with Gasteiger partial charge in [0.25, 0.3) is 0 Å². The van der Waals surface area contributed by atoms with Gasteiger partial charge in [-0.3, -0.25) is 4.79 Å². The summed E-state index contributed by atoms with van der Waals surface area (Å²) < 4.78 is 42.6. The van der Waals surface area contributed by atoms with Gasteiger partial charge in [-0.15, -0.1) is 5.10 Å². The summed E-state index contributed by atoms with van der Waals surface area (Å²) in [6, 6.07) is 14.1. The highest BCUT2D eigenvalue weighted by Gasteiger charge is 2.38. The fourth-order valence-corrected chi connectivity index (χ4v) is 2.78. The summed E-state index contributed by atoms with van der Waals surface area (Å²) in [5.74, 6) is -0.966. The van der Waals surface area contributed by atoms with Gasteiger partial charge >= 0.3 is 6.18 Å². The number of para-hydroxylation sites is 1. The first kappa shape index (κ1) is 19.2. The molecule has 2 N–H and O–H groups in total. The minimum Gasteiger partial charge on any atom is -0.366 e. The van der Waals surface area contributed by atoms with E-state index in [1.54, 1.807) is 30.3 Å². The summed E-state index contributed by atoms with van der Waals surface area (Å²) in [6.07, 6.45) is -3.76. The van der Waals surface area contributed by atoms with Gasteiger partial charge in [0, 0.05) is 17.3 Å². The minimum atomic E-state index is -4.78. The molecule has 4 aromatic rings. The third kappa shape index (κ3) is 3.60. The van der Waals surface area contributed by atoms with Crippen molar-refractivity contribution in [3.05, 3.63) is 72.1 Å². The Kier molecular flexibility index (Phi) is 4.70. The molecule has 30 heavy (non-hydrogen) atoms. The predicted molar refractivity (Wildman–Crippen MR) is 99.1 cm³/mol. The van der Waals surface area contributed by atoms with Crippen molar-refractivity contribution in [1.82, 2.24) is 30.2 Å². The molecule has 8 nitrogen and oxygen atoms in total.